The molecule has 0 aliphatic heterocycles. The van der Waals surface area contributed by atoms with E-state index in [0.717, 1.165) is 12.2 Å². The summed E-state index contributed by atoms with van der Waals surface area (Å²) in [5, 5.41) is 8.48. The Hall–Kier alpha value is -0.220. The predicted octanol–water partition coefficient (Wildman–Crippen LogP) is 1.18. The highest BCUT2D eigenvalue weighted by molar-refractivity contribution is 7.98. The number of carbonyl (C=O) groups is 1. The van der Waals surface area contributed by atoms with Gasteiger partial charge in [0, 0.05) is 18.2 Å². The van der Waals surface area contributed by atoms with Crippen LogP contribution in [0.3, 0.4) is 0 Å². The fourth-order valence-electron chi connectivity index (χ4n) is 1.18. The van der Waals surface area contributed by atoms with Gasteiger partial charge in [-0.05, 0) is 18.6 Å². The summed E-state index contributed by atoms with van der Waals surface area (Å²) in [6.07, 6.45) is 3.02. The Morgan fingerprint density at radius 1 is 1.67 bits per heavy atom. The van der Waals surface area contributed by atoms with Crippen LogP contribution in [0.15, 0.2) is 0 Å². The van der Waals surface area contributed by atoms with Crippen molar-refractivity contribution in [3.05, 3.63) is 0 Å². The summed E-state index contributed by atoms with van der Waals surface area (Å²) < 4.78 is 0. The van der Waals surface area contributed by atoms with Crippen molar-refractivity contribution in [2.24, 2.45) is 11.7 Å². The molecule has 0 aliphatic carbocycles. The lowest BCUT2D eigenvalue weighted by Gasteiger charge is -2.14. The SMILES string of the molecule is CSC[C@H](N)C[C@H](C)CC(=O)O. The highest BCUT2D eigenvalue weighted by atomic mass is 32.2. The third-order valence-corrected chi connectivity index (χ3v) is 2.37. The second-order valence-electron chi connectivity index (χ2n) is 3.15. The van der Waals surface area contributed by atoms with Crippen molar-refractivity contribution in [1.82, 2.24) is 0 Å². The van der Waals surface area contributed by atoms with Crippen LogP contribution in [0, 0.1) is 5.92 Å². The molecular weight excluding hydrogens is 174 g/mol. The standard InChI is InChI=1S/C8H17NO2S/c1-6(4-8(10)11)3-7(9)5-12-2/h6-7H,3-5,9H2,1-2H3,(H,10,11)/t6-,7+/m0/s1. The fraction of sp³-hybridized carbons (Fsp3) is 0.875. The zero-order valence-corrected chi connectivity index (χ0v) is 8.43. The molecule has 2 atom stereocenters. The molecule has 3 nitrogen and oxygen atoms in total. The highest BCUT2D eigenvalue weighted by Crippen LogP contribution is 2.11. The van der Waals surface area contributed by atoms with Crippen molar-refractivity contribution in [3.8, 4) is 0 Å². The largest absolute Gasteiger partial charge is 0.481 e. The Bertz CT molecular complexity index is 141. The maximum atomic E-state index is 10.3. The van der Waals surface area contributed by atoms with Crippen molar-refractivity contribution in [2.45, 2.75) is 25.8 Å². The van der Waals surface area contributed by atoms with E-state index < -0.39 is 5.97 Å². The van der Waals surface area contributed by atoms with Crippen molar-refractivity contribution in [2.75, 3.05) is 12.0 Å². The topological polar surface area (TPSA) is 63.3 Å². The van der Waals surface area contributed by atoms with Gasteiger partial charge in [0.05, 0.1) is 0 Å². The second-order valence-corrected chi connectivity index (χ2v) is 4.06. The monoisotopic (exact) mass is 191 g/mol. The summed E-state index contributed by atoms with van der Waals surface area (Å²) in [7, 11) is 0. The van der Waals surface area contributed by atoms with Gasteiger partial charge in [0.25, 0.3) is 0 Å². The minimum absolute atomic E-state index is 0.134. The van der Waals surface area contributed by atoms with Gasteiger partial charge in [-0.15, -0.1) is 0 Å². The summed E-state index contributed by atoms with van der Waals surface area (Å²) in [4.78, 5) is 10.3. The third-order valence-electron chi connectivity index (χ3n) is 1.61. The van der Waals surface area contributed by atoms with Gasteiger partial charge in [-0.3, -0.25) is 4.79 Å². The maximum Gasteiger partial charge on any atom is 0.303 e. The lowest BCUT2D eigenvalue weighted by Crippen LogP contribution is -2.26. The van der Waals surface area contributed by atoms with Crippen LogP contribution in [0.25, 0.3) is 0 Å². The Balaban J connectivity index is 3.53. The molecule has 4 heteroatoms. The first kappa shape index (κ1) is 11.8. The van der Waals surface area contributed by atoms with E-state index in [4.69, 9.17) is 10.8 Å². The molecular formula is C8H17NO2S. The van der Waals surface area contributed by atoms with E-state index in [1.807, 2.05) is 13.2 Å². The number of rotatable bonds is 6. The van der Waals surface area contributed by atoms with Gasteiger partial charge >= 0.3 is 5.97 Å². The molecule has 0 rings (SSSR count). The molecule has 0 saturated heterocycles. The van der Waals surface area contributed by atoms with E-state index in [9.17, 15) is 4.79 Å². The first-order valence-corrected chi connectivity index (χ1v) is 5.42. The van der Waals surface area contributed by atoms with Gasteiger partial charge in [-0.2, -0.15) is 11.8 Å². The fourth-order valence-corrected chi connectivity index (χ4v) is 1.74. The van der Waals surface area contributed by atoms with Crippen LogP contribution in [0.2, 0.25) is 0 Å². The minimum atomic E-state index is -0.737. The first-order valence-electron chi connectivity index (χ1n) is 4.02. The van der Waals surface area contributed by atoms with Crippen LogP contribution >= 0.6 is 11.8 Å². The quantitative estimate of drug-likeness (QED) is 0.661. The molecule has 12 heavy (non-hydrogen) atoms. The number of thioether (sulfide) groups is 1. The summed E-state index contributed by atoms with van der Waals surface area (Å²) in [6, 6.07) is 0.134. The average Bonchev–Trinajstić information content (AvgIpc) is 1.84. The zero-order chi connectivity index (χ0) is 9.56. The van der Waals surface area contributed by atoms with Gasteiger partial charge in [0.15, 0.2) is 0 Å². The third kappa shape index (κ3) is 6.49. The number of carboxylic acid groups (broad SMARTS) is 1. The molecule has 0 aromatic rings. The van der Waals surface area contributed by atoms with E-state index in [0.29, 0.717) is 0 Å². The Kier molecular flexibility index (Phi) is 6.20. The molecule has 0 bridgehead atoms. The Morgan fingerprint density at radius 3 is 2.67 bits per heavy atom. The molecule has 0 unspecified atom stereocenters. The average molecular weight is 191 g/mol. The minimum Gasteiger partial charge on any atom is -0.481 e. The van der Waals surface area contributed by atoms with Crippen molar-refractivity contribution in [3.63, 3.8) is 0 Å². The number of hydrogen-bond donors (Lipinski definition) is 2. The van der Waals surface area contributed by atoms with Gasteiger partial charge in [0.1, 0.15) is 0 Å². The van der Waals surface area contributed by atoms with Gasteiger partial charge in [-0.25, -0.2) is 0 Å². The van der Waals surface area contributed by atoms with Gasteiger partial charge in [0.2, 0.25) is 0 Å². The van der Waals surface area contributed by atoms with Crippen molar-refractivity contribution in [1.29, 1.82) is 0 Å². The van der Waals surface area contributed by atoms with E-state index >= 15 is 0 Å². The van der Waals surface area contributed by atoms with Crippen LogP contribution in [0.1, 0.15) is 19.8 Å². The molecule has 72 valence electrons. The van der Waals surface area contributed by atoms with Gasteiger partial charge < -0.3 is 10.8 Å². The van der Waals surface area contributed by atoms with Crippen LogP contribution in [0.4, 0.5) is 0 Å². The Labute approximate surface area is 77.7 Å². The van der Waals surface area contributed by atoms with Crippen LogP contribution in [-0.4, -0.2) is 29.1 Å². The molecule has 0 fully saturated rings. The van der Waals surface area contributed by atoms with E-state index in [1.54, 1.807) is 11.8 Å². The van der Waals surface area contributed by atoms with E-state index in [1.165, 1.54) is 0 Å². The molecule has 0 aliphatic rings. The van der Waals surface area contributed by atoms with E-state index in [2.05, 4.69) is 0 Å². The molecule has 3 N–H and O–H groups in total. The number of hydrogen-bond acceptors (Lipinski definition) is 3. The van der Waals surface area contributed by atoms with Crippen LogP contribution in [-0.2, 0) is 4.79 Å². The molecule has 0 aromatic carbocycles. The summed E-state index contributed by atoms with van der Waals surface area (Å²) in [5.74, 6) is 0.354. The molecule has 0 heterocycles. The summed E-state index contributed by atoms with van der Waals surface area (Å²) in [6.45, 7) is 1.92. The first-order chi connectivity index (χ1) is 5.56. The Morgan fingerprint density at radius 2 is 2.25 bits per heavy atom. The smallest absolute Gasteiger partial charge is 0.303 e. The summed E-state index contributed by atoms with van der Waals surface area (Å²) in [5.41, 5.74) is 5.75. The molecule has 0 saturated carbocycles. The normalized spacial score (nSPS) is 15.6. The summed E-state index contributed by atoms with van der Waals surface area (Å²) >= 11 is 1.70. The van der Waals surface area contributed by atoms with Gasteiger partial charge in [-0.1, -0.05) is 6.92 Å². The molecule has 0 spiro atoms. The van der Waals surface area contributed by atoms with Crippen molar-refractivity contribution >= 4 is 17.7 Å². The number of nitrogens with two attached hydrogens (primary N) is 1. The second kappa shape index (κ2) is 6.31. The van der Waals surface area contributed by atoms with Crippen LogP contribution < -0.4 is 5.73 Å². The predicted molar refractivity (Wildman–Crippen MR) is 52.4 cm³/mol. The molecule has 0 radical (unpaired) electrons. The lowest BCUT2D eigenvalue weighted by atomic mass is 10.00. The number of aliphatic carboxylic acids is 1. The molecule has 0 aromatic heterocycles. The van der Waals surface area contributed by atoms with Crippen molar-refractivity contribution < 1.29 is 9.90 Å². The molecule has 0 amide bonds. The lowest BCUT2D eigenvalue weighted by molar-refractivity contribution is -0.138. The zero-order valence-electron chi connectivity index (χ0n) is 7.62. The van der Waals surface area contributed by atoms with E-state index in [-0.39, 0.29) is 18.4 Å². The maximum absolute atomic E-state index is 10.3. The van der Waals surface area contributed by atoms with Crippen LogP contribution in [0.5, 0.6) is 0 Å². The highest BCUT2D eigenvalue weighted by Gasteiger charge is 2.11. The number of carboxylic acids is 1.